The highest BCUT2D eigenvalue weighted by Crippen LogP contribution is 2.30. The number of nitrogens with one attached hydrogen (secondary N) is 1. The first-order chi connectivity index (χ1) is 9.11. The van der Waals surface area contributed by atoms with E-state index >= 15 is 0 Å². The first-order valence-electron chi connectivity index (χ1n) is 6.27. The van der Waals surface area contributed by atoms with E-state index in [2.05, 4.69) is 31.3 Å². The fourth-order valence-electron chi connectivity index (χ4n) is 2.09. The lowest BCUT2D eigenvalue weighted by molar-refractivity contribution is 0.408. The number of rotatable bonds is 4. The van der Waals surface area contributed by atoms with Crippen molar-refractivity contribution in [3.63, 3.8) is 0 Å². The van der Waals surface area contributed by atoms with Gasteiger partial charge in [0.25, 0.3) is 0 Å². The summed E-state index contributed by atoms with van der Waals surface area (Å²) in [5.41, 5.74) is 3.39. The number of methoxy groups -OCH3 is 1. The van der Waals surface area contributed by atoms with Crippen LogP contribution < -0.4 is 10.1 Å². The SMILES string of the molecule is COc1ccc(Cl)cc1C(C)Nc1ccccc1C. The molecule has 19 heavy (non-hydrogen) atoms. The van der Waals surface area contributed by atoms with Gasteiger partial charge in [0.2, 0.25) is 0 Å². The lowest BCUT2D eigenvalue weighted by atomic mass is 10.1. The summed E-state index contributed by atoms with van der Waals surface area (Å²) >= 11 is 6.07. The van der Waals surface area contributed by atoms with Crippen LogP contribution in [0, 0.1) is 6.92 Å². The van der Waals surface area contributed by atoms with E-state index in [9.17, 15) is 0 Å². The first-order valence-corrected chi connectivity index (χ1v) is 6.65. The van der Waals surface area contributed by atoms with Crippen LogP contribution in [-0.2, 0) is 0 Å². The Hall–Kier alpha value is -1.67. The van der Waals surface area contributed by atoms with Crippen molar-refractivity contribution in [1.29, 1.82) is 0 Å². The molecule has 100 valence electrons. The summed E-state index contributed by atoms with van der Waals surface area (Å²) in [6.45, 7) is 4.19. The van der Waals surface area contributed by atoms with Gasteiger partial charge in [-0.2, -0.15) is 0 Å². The Bertz CT molecular complexity index is 568. The number of hydrogen-bond donors (Lipinski definition) is 1. The number of anilines is 1. The second-order valence-electron chi connectivity index (χ2n) is 4.57. The van der Waals surface area contributed by atoms with Crippen molar-refractivity contribution in [3.05, 3.63) is 58.6 Å². The second-order valence-corrected chi connectivity index (χ2v) is 5.00. The van der Waals surface area contributed by atoms with Crippen molar-refractivity contribution in [2.75, 3.05) is 12.4 Å². The minimum Gasteiger partial charge on any atom is -0.496 e. The number of halogens is 1. The Balaban J connectivity index is 2.27. The van der Waals surface area contributed by atoms with Gasteiger partial charge >= 0.3 is 0 Å². The molecule has 0 bridgehead atoms. The highest BCUT2D eigenvalue weighted by Gasteiger charge is 2.12. The molecule has 2 rings (SSSR count). The summed E-state index contributed by atoms with van der Waals surface area (Å²) in [4.78, 5) is 0. The van der Waals surface area contributed by atoms with E-state index in [1.807, 2.05) is 30.3 Å². The lowest BCUT2D eigenvalue weighted by Gasteiger charge is -2.20. The molecule has 2 aromatic carbocycles. The van der Waals surface area contributed by atoms with Gasteiger partial charge in [0.15, 0.2) is 0 Å². The fourth-order valence-corrected chi connectivity index (χ4v) is 2.27. The van der Waals surface area contributed by atoms with E-state index in [-0.39, 0.29) is 6.04 Å². The molecule has 0 aromatic heterocycles. The molecular formula is C16H18ClNO. The summed E-state index contributed by atoms with van der Waals surface area (Å²) in [7, 11) is 1.67. The van der Waals surface area contributed by atoms with Gasteiger partial charge in [0.05, 0.1) is 13.2 Å². The molecule has 0 aliphatic carbocycles. The van der Waals surface area contributed by atoms with E-state index in [0.717, 1.165) is 17.0 Å². The van der Waals surface area contributed by atoms with Crippen LogP contribution in [0.1, 0.15) is 24.1 Å². The zero-order chi connectivity index (χ0) is 13.8. The van der Waals surface area contributed by atoms with Gasteiger partial charge in [-0.3, -0.25) is 0 Å². The second kappa shape index (κ2) is 5.98. The molecule has 0 spiro atoms. The molecular weight excluding hydrogens is 258 g/mol. The standard InChI is InChI=1S/C16H18ClNO/c1-11-6-4-5-7-15(11)18-12(2)14-10-13(17)8-9-16(14)19-3/h4-10,12,18H,1-3H3. The number of aryl methyl sites for hydroxylation is 1. The smallest absolute Gasteiger partial charge is 0.124 e. The van der Waals surface area contributed by atoms with E-state index in [0.29, 0.717) is 5.02 Å². The summed E-state index contributed by atoms with van der Waals surface area (Å²) in [5, 5.41) is 4.21. The van der Waals surface area contributed by atoms with E-state index in [1.54, 1.807) is 7.11 Å². The predicted octanol–water partition coefficient (Wildman–Crippen LogP) is 4.83. The molecule has 0 aliphatic heterocycles. The van der Waals surface area contributed by atoms with E-state index < -0.39 is 0 Å². The van der Waals surface area contributed by atoms with Crippen molar-refractivity contribution in [1.82, 2.24) is 0 Å². The summed E-state index contributed by atoms with van der Waals surface area (Å²) in [5.74, 6) is 0.845. The van der Waals surface area contributed by atoms with Crippen molar-refractivity contribution >= 4 is 17.3 Å². The molecule has 0 radical (unpaired) electrons. The average Bonchev–Trinajstić information content (AvgIpc) is 2.41. The maximum Gasteiger partial charge on any atom is 0.124 e. The van der Waals surface area contributed by atoms with Gasteiger partial charge in [-0.15, -0.1) is 0 Å². The summed E-state index contributed by atoms with van der Waals surface area (Å²) < 4.78 is 5.39. The van der Waals surface area contributed by atoms with Crippen molar-refractivity contribution in [2.45, 2.75) is 19.9 Å². The van der Waals surface area contributed by atoms with Crippen molar-refractivity contribution in [2.24, 2.45) is 0 Å². The minimum atomic E-state index is 0.120. The first kappa shape index (κ1) is 13.8. The van der Waals surface area contributed by atoms with Crippen LogP contribution in [-0.4, -0.2) is 7.11 Å². The van der Waals surface area contributed by atoms with Gasteiger partial charge in [0.1, 0.15) is 5.75 Å². The predicted molar refractivity (Wildman–Crippen MR) is 81.2 cm³/mol. The molecule has 0 saturated heterocycles. The maximum atomic E-state index is 6.07. The van der Waals surface area contributed by atoms with Crippen LogP contribution >= 0.6 is 11.6 Å². The number of para-hydroxylation sites is 1. The minimum absolute atomic E-state index is 0.120. The molecule has 3 heteroatoms. The molecule has 1 atom stereocenters. The topological polar surface area (TPSA) is 21.3 Å². The fraction of sp³-hybridized carbons (Fsp3) is 0.250. The molecule has 1 unspecified atom stereocenters. The van der Waals surface area contributed by atoms with Crippen molar-refractivity contribution < 1.29 is 4.74 Å². The largest absolute Gasteiger partial charge is 0.496 e. The van der Waals surface area contributed by atoms with Gasteiger partial charge in [-0.25, -0.2) is 0 Å². The Kier molecular flexibility index (Phi) is 4.33. The summed E-state index contributed by atoms with van der Waals surface area (Å²) in [6.07, 6.45) is 0. The molecule has 0 fully saturated rings. The quantitative estimate of drug-likeness (QED) is 0.863. The van der Waals surface area contributed by atoms with E-state index in [1.165, 1.54) is 5.56 Å². The third-order valence-electron chi connectivity index (χ3n) is 3.18. The van der Waals surface area contributed by atoms with Crippen LogP contribution in [0.4, 0.5) is 5.69 Å². The van der Waals surface area contributed by atoms with Crippen LogP contribution in [0.25, 0.3) is 0 Å². The number of hydrogen-bond acceptors (Lipinski definition) is 2. The van der Waals surface area contributed by atoms with Crippen LogP contribution in [0.3, 0.4) is 0 Å². The average molecular weight is 276 g/mol. The highest BCUT2D eigenvalue weighted by molar-refractivity contribution is 6.30. The molecule has 0 aliphatic rings. The monoisotopic (exact) mass is 275 g/mol. The van der Waals surface area contributed by atoms with E-state index in [4.69, 9.17) is 16.3 Å². The Morgan fingerprint density at radius 1 is 1.16 bits per heavy atom. The third-order valence-corrected chi connectivity index (χ3v) is 3.41. The maximum absolute atomic E-state index is 6.07. The van der Waals surface area contributed by atoms with Gasteiger partial charge in [-0.05, 0) is 43.7 Å². The molecule has 0 saturated carbocycles. The Labute approximate surface area is 119 Å². The number of ether oxygens (including phenoxy) is 1. The zero-order valence-electron chi connectivity index (χ0n) is 11.4. The molecule has 2 nitrogen and oxygen atoms in total. The lowest BCUT2D eigenvalue weighted by Crippen LogP contribution is -2.09. The molecule has 0 heterocycles. The van der Waals surface area contributed by atoms with Crippen LogP contribution in [0.5, 0.6) is 5.75 Å². The van der Waals surface area contributed by atoms with Crippen LogP contribution in [0.2, 0.25) is 5.02 Å². The Morgan fingerprint density at radius 2 is 1.89 bits per heavy atom. The third kappa shape index (κ3) is 3.21. The summed E-state index contributed by atoms with van der Waals surface area (Å²) in [6, 6.07) is 14.0. The number of benzene rings is 2. The van der Waals surface area contributed by atoms with Gasteiger partial charge in [-0.1, -0.05) is 29.8 Å². The molecule has 1 N–H and O–H groups in total. The van der Waals surface area contributed by atoms with Crippen LogP contribution in [0.15, 0.2) is 42.5 Å². The highest BCUT2D eigenvalue weighted by atomic mass is 35.5. The Morgan fingerprint density at radius 3 is 2.58 bits per heavy atom. The van der Waals surface area contributed by atoms with Crippen molar-refractivity contribution in [3.8, 4) is 5.75 Å². The van der Waals surface area contributed by atoms with Gasteiger partial charge < -0.3 is 10.1 Å². The molecule has 0 amide bonds. The normalized spacial score (nSPS) is 12.0. The van der Waals surface area contributed by atoms with Gasteiger partial charge in [0, 0.05) is 16.3 Å². The zero-order valence-corrected chi connectivity index (χ0v) is 12.2. The molecule has 2 aromatic rings.